The SMILES string of the molecule is CC=CCOc1ccnc(CNCCC)c1. The van der Waals surface area contributed by atoms with Crippen LogP contribution in [0.3, 0.4) is 0 Å². The Morgan fingerprint density at radius 2 is 2.38 bits per heavy atom. The number of allylic oxidation sites excluding steroid dienone is 1. The first-order valence-corrected chi connectivity index (χ1v) is 5.76. The van der Waals surface area contributed by atoms with Gasteiger partial charge in [-0.1, -0.05) is 19.1 Å². The van der Waals surface area contributed by atoms with E-state index >= 15 is 0 Å². The van der Waals surface area contributed by atoms with E-state index in [1.807, 2.05) is 31.2 Å². The minimum absolute atomic E-state index is 0.613. The average molecular weight is 220 g/mol. The van der Waals surface area contributed by atoms with Gasteiger partial charge in [-0.25, -0.2) is 0 Å². The highest BCUT2D eigenvalue weighted by Crippen LogP contribution is 2.10. The Bertz CT molecular complexity index is 323. The van der Waals surface area contributed by atoms with Crippen LogP contribution in [0.4, 0.5) is 0 Å². The molecular formula is C13H20N2O. The maximum Gasteiger partial charge on any atom is 0.123 e. The van der Waals surface area contributed by atoms with Gasteiger partial charge in [-0.05, 0) is 26.0 Å². The molecule has 16 heavy (non-hydrogen) atoms. The van der Waals surface area contributed by atoms with Gasteiger partial charge in [-0.3, -0.25) is 4.98 Å². The lowest BCUT2D eigenvalue weighted by atomic mass is 10.3. The van der Waals surface area contributed by atoms with Crippen molar-refractivity contribution in [1.82, 2.24) is 10.3 Å². The lowest BCUT2D eigenvalue weighted by Crippen LogP contribution is -2.14. The highest BCUT2D eigenvalue weighted by atomic mass is 16.5. The highest BCUT2D eigenvalue weighted by molar-refractivity contribution is 5.22. The van der Waals surface area contributed by atoms with Crippen molar-refractivity contribution >= 4 is 0 Å². The molecule has 0 aliphatic heterocycles. The highest BCUT2D eigenvalue weighted by Gasteiger charge is 1.97. The van der Waals surface area contributed by atoms with E-state index in [0.29, 0.717) is 6.61 Å². The van der Waals surface area contributed by atoms with E-state index in [4.69, 9.17) is 4.74 Å². The zero-order chi connectivity index (χ0) is 11.6. The Morgan fingerprint density at radius 3 is 3.12 bits per heavy atom. The van der Waals surface area contributed by atoms with E-state index in [1.54, 1.807) is 6.20 Å². The monoisotopic (exact) mass is 220 g/mol. The zero-order valence-corrected chi connectivity index (χ0v) is 10.1. The van der Waals surface area contributed by atoms with E-state index in [2.05, 4.69) is 17.2 Å². The molecule has 3 nitrogen and oxygen atoms in total. The fourth-order valence-corrected chi connectivity index (χ4v) is 1.28. The molecule has 0 unspecified atom stereocenters. The van der Waals surface area contributed by atoms with Crippen LogP contribution in [0.1, 0.15) is 26.0 Å². The van der Waals surface area contributed by atoms with Crippen molar-refractivity contribution in [3.63, 3.8) is 0 Å². The van der Waals surface area contributed by atoms with Gasteiger partial charge in [0.1, 0.15) is 12.4 Å². The molecule has 0 fully saturated rings. The van der Waals surface area contributed by atoms with Crippen molar-refractivity contribution in [2.24, 2.45) is 0 Å². The first kappa shape index (κ1) is 12.7. The summed E-state index contributed by atoms with van der Waals surface area (Å²) in [4.78, 5) is 4.28. The molecule has 0 atom stereocenters. The third-order valence-corrected chi connectivity index (χ3v) is 2.10. The maximum atomic E-state index is 5.54. The van der Waals surface area contributed by atoms with Gasteiger partial charge in [0.05, 0.1) is 5.69 Å². The first-order valence-electron chi connectivity index (χ1n) is 5.76. The van der Waals surface area contributed by atoms with Crippen molar-refractivity contribution in [2.75, 3.05) is 13.2 Å². The molecular weight excluding hydrogens is 200 g/mol. The lowest BCUT2D eigenvalue weighted by molar-refractivity contribution is 0.361. The van der Waals surface area contributed by atoms with Crippen molar-refractivity contribution in [1.29, 1.82) is 0 Å². The number of aromatic nitrogens is 1. The molecule has 1 aromatic rings. The van der Waals surface area contributed by atoms with Gasteiger partial charge in [0, 0.05) is 18.8 Å². The van der Waals surface area contributed by atoms with Gasteiger partial charge in [0.15, 0.2) is 0 Å². The summed E-state index contributed by atoms with van der Waals surface area (Å²) in [5.74, 6) is 0.876. The van der Waals surface area contributed by atoms with E-state index in [1.165, 1.54) is 0 Å². The van der Waals surface area contributed by atoms with E-state index in [9.17, 15) is 0 Å². The molecule has 1 N–H and O–H groups in total. The standard InChI is InChI=1S/C13H20N2O/c1-3-5-9-16-13-6-8-15-12(10-13)11-14-7-4-2/h3,5-6,8,10,14H,4,7,9,11H2,1-2H3. The maximum absolute atomic E-state index is 5.54. The summed E-state index contributed by atoms with van der Waals surface area (Å²) >= 11 is 0. The van der Waals surface area contributed by atoms with Crippen molar-refractivity contribution in [3.8, 4) is 5.75 Å². The van der Waals surface area contributed by atoms with Crippen LogP contribution in [0, 0.1) is 0 Å². The average Bonchev–Trinajstić information content (AvgIpc) is 2.30. The second-order valence-corrected chi connectivity index (χ2v) is 3.54. The normalized spacial score (nSPS) is 10.9. The molecule has 0 aliphatic carbocycles. The molecule has 0 radical (unpaired) electrons. The molecule has 0 saturated heterocycles. The third-order valence-electron chi connectivity index (χ3n) is 2.10. The second kappa shape index (κ2) is 7.88. The number of pyridine rings is 1. The predicted molar refractivity (Wildman–Crippen MR) is 66.5 cm³/mol. The van der Waals surface area contributed by atoms with Crippen molar-refractivity contribution in [3.05, 3.63) is 36.2 Å². The number of nitrogens with one attached hydrogen (secondary N) is 1. The van der Waals surface area contributed by atoms with Crippen LogP contribution in [0.5, 0.6) is 5.75 Å². The lowest BCUT2D eigenvalue weighted by Gasteiger charge is -2.06. The Labute approximate surface area is 97.5 Å². The summed E-state index contributed by atoms with van der Waals surface area (Å²) in [6, 6.07) is 3.86. The molecule has 0 aliphatic rings. The molecule has 1 aromatic heterocycles. The minimum Gasteiger partial charge on any atom is -0.489 e. The van der Waals surface area contributed by atoms with E-state index in [0.717, 1.165) is 31.0 Å². The molecule has 0 bridgehead atoms. The molecule has 0 saturated carbocycles. The molecule has 88 valence electrons. The second-order valence-electron chi connectivity index (χ2n) is 3.54. The Balaban J connectivity index is 2.43. The van der Waals surface area contributed by atoms with Crippen LogP contribution in [0.25, 0.3) is 0 Å². The zero-order valence-electron chi connectivity index (χ0n) is 10.1. The van der Waals surface area contributed by atoms with E-state index in [-0.39, 0.29) is 0 Å². The smallest absolute Gasteiger partial charge is 0.123 e. The van der Waals surface area contributed by atoms with Gasteiger partial charge in [0.25, 0.3) is 0 Å². The van der Waals surface area contributed by atoms with Gasteiger partial charge < -0.3 is 10.1 Å². The Hall–Kier alpha value is -1.35. The van der Waals surface area contributed by atoms with Crippen LogP contribution in [0.15, 0.2) is 30.5 Å². The molecule has 0 spiro atoms. The minimum atomic E-state index is 0.613. The van der Waals surface area contributed by atoms with Crippen LogP contribution in [-0.2, 0) is 6.54 Å². The topological polar surface area (TPSA) is 34.1 Å². The van der Waals surface area contributed by atoms with Crippen LogP contribution >= 0.6 is 0 Å². The summed E-state index contributed by atoms with van der Waals surface area (Å²) in [5.41, 5.74) is 1.02. The fourth-order valence-electron chi connectivity index (χ4n) is 1.28. The third kappa shape index (κ3) is 4.94. The van der Waals surface area contributed by atoms with Gasteiger partial charge in [-0.15, -0.1) is 0 Å². The summed E-state index contributed by atoms with van der Waals surface area (Å²) < 4.78 is 5.54. The quantitative estimate of drug-likeness (QED) is 0.566. The van der Waals surface area contributed by atoms with Crippen LogP contribution in [0.2, 0.25) is 0 Å². The first-order chi connectivity index (χ1) is 7.86. The molecule has 1 rings (SSSR count). The summed E-state index contributed by atoms with van der Waals surface area (Å²) in [6.45, 7) is 6.56. The molecule has 0 aromatic carbocycles. The summed E-state index contributed by atoms with van der Waals surface area (Å²) in [7, 11) is 0. The Kier molecular flexibility index (Phi) is 6.26. The molecule has 3 heteroatoms. The number of hydrogen-bond donors (Lipinski definition) is 1. The Morgan fingerprint density at radius 1 is 1.50 bits per heavy atom. The van der Waals surface area contributed by atoms with Gasteiger partial charge >= 0.3 is 0 Å². The molecule has 1 heterocycles. The van der Waals surface area contributed by atoms with Crippen molar-refractivity contribution < 1.29 is 4.74 Å². The predicted octanol–water partition coefficient (Wildman–Crippen LogP) is 2.54. The summed E-state index contributed by atoms with van der Waals surface area (Å²) in [5, 5.41) is 3.31. The summed E-state index contributed by atoms with van der Waals surface area (Å²) in [6.07, 6.45) is 6.88. The molecule has 0 amide bonds. The van der Waals surface area contributed by atoms with Crippen LogP contribution in [-0.4, -0.2) is 18.1 Å². The van der Waals surface area contributed by atoms with E-state index < -0.39 is 0 Å². The van der Waals surface area contributed by atoms with Gasteiger partial charge in [0.2, 0.25) is 0 Å². The number of nitrogens with zero attached hydrogens (tertiary/aromatic N) is 1. The largest absolute Gasteiger partial charge is 0.489 e. The fraction of sp³-hybridized carbons (Fsp3) is 0.462. The number of hydrogen-bond acceptors (Lipinski definition) is 3. The van der Waals surface area contributed by atoms with Crippen molar-refractivity contribution in [2.45, 2.75) is 26.8 Å². The number of ether oxygens (including phenoxy) is 1. The van der Waals surface area contributed by atoms with Crippen LogP contribution < -0.4 is 10.1 Å². The number of rotatable bonds is 7. The van der Waals surface area contributed by atoms with Gasteiger partial charge in [-0.2, -0.15) is 0 Å².